The average Bonchev–Trinajstić information content (AvgIpc) is 3.28. The molecule has 13 nitrogen and oxygen atoms in total. The molecule has 2 fully saturated rings. The van der Waals surface area contributed by atoms with Crippen molar-refractivity contribution in [2.45, 2.75) is 28.8 Å². The number of ether oxygens (including phenoxy) is 1. The van der Waals surface area contributed by atoms with Gasteiger partial charge in [0.2, 0.25) is 0 Å². The number of piperazine rings is 1. The number of hydrogen-bond acceptors (Lipinski definition) is 12. The smallest absolute Gasteiger partial charge is 0.293 e. The summed E-state index contributed by atoms with van der Waals surface area (Å²) < 4.78 is 35.7. The van der Waals surface area contributed by atoms with Crippen molar-refractivity contribution in [1.82, 2.24) is 19.8 Å². The van der Waals surface area contributed by atoms with Gasteiger partial charge in [-0.1, -0.05) is 72.8 Å². The molecular formula is C45H48N8O5S2. The first kappa shape index (κ1) is 41.2. The third kappa shape index (κ3) is 10.2. The summed E-state index contributed by atoms with van der Waals surface area (Å²) >= 11 is 1.67. The van der Waals surface area contributed by atoms with E-state index < -0.39 is 14.9 Å². The van der Waals surface area contributed by atoms with Gasteiger partial charge in [-0.3, -0.25) is 24.6 Å². The molecule has 1 aromatic heterocycles. The van der Waals surface area contributed by atoms with Gasteiger partial charge >= 0.3 is 0 Å². The standard InChI is InChI=1S/C45H48N8O5S2/c54-53(55)44-30-39(16-18-42(44)48-36(19-20-50-25-27-58-28-26-50)32-59-38-12-5-2-6-13-38)60(56,57)49-45-41-17-15-37(29-43(41)46-33-47-45)52-23-21-51(22-24-52)31-35-11-7-8-14-40(35)34-9-3-1-4-10-34/h1-18,29-30,33,36,48H,19-28,31-32H2,(H,46,47,49)/t36-/m0/s1. The molecule has 6 aromatic rings. The number of nitro groups is 1. The lowest BCUT2D eigenvalue weighted by molar-refractivity contribution is -0.384. The molecule has 8 rings (SSSR count). The fourth-order valence-corrected chi connectivity index (χ4v) is 9.76. The molecule has 0 saturated carbocycles. The highest BCUT2D eigenvalue weighted by Gasteiger charge is 2.26. The van der Waals surface area contributed by atoms with Crippen molar-refractivity contribution in [1.29, 1.82) is 0 Å². The summed E-state index contributed by atoms with van der Waals surface area (Å²) in [4.78, 5) is 28.6. The highest BCUT2D eigenvalue weighted by Crippen LogP contribution is 2.33. The highest BCUT2D eigenvalue weighted by atomic mass is 32.2. The number of nitro benzene ring substituents is 1. The number of benzene rings is 5. The number of anilines is 3. The number of rotatable bonds is 16. The lowest BCUT2D eigenvalue weighted by atomic mass is 9.99. The Kier molecular flexibility index (Phi) is 13.2. The van der Waals surface area contributed by atoms with Gasteiger partial charge < -0.3 is 15.0 Å². The maximum absolute atomic E-state index is 13.8. The summed E-state index contributed by atoms with van der Waals surface area (Å²) in [6, 6.07) is 38.6. The molecular weight excluding hydrogens is 797 g/mol. The van der Waals surface area contributed by atoms with Crippen LogP contribution in [0.15, 0.2) is 137 Å². The van der Waals surface area contributed by atoms with E-state index in [1.807, 2.05) is 54.6 Å². The number of nitrogens with zero attached hydrogens (tertiary/aromatic N) is 6. The van der Waals surface area contributed by atoms with Crippen molar-refractivity contribution in [3.8, 4) is 11.1 Å². The van der Waals surface area contributed by atoms with Crippen molar-refractivity contribution in [2.24, 2.45) is 0 Å². The molecule has 0 radical (unpaired) electrons. The predicted molar refractivity (Wildman–Crippen MR) is 239 cm³/mol. The summed E-state index contributed by atoms with van der Waals surface area (Å²) in [5.41, 5.74) is 5.28. The van der Waals surface area contributed by atoms with E-state index in [1.165, 1.54) is 35.2 Å². The molecule has 0 unspecified atom stereocenters. The summed E-state index contributed by atoms with van der Waals surface area (Å²) in [6.07, 6.45) is 2.06. The van der Waals surface area contributed by atoms with Crippen molar-refractivity contribution in [3.63, 3.8) is 0 Å². The molecule has 2 N–H and O–H groups in total. The molecule has 310 valence electrons. The average molecular weight is 845 g/mol. The van der Waals surface area contributed by atoms with Crippen LogP contribution in [-0.2, 0) is 21.3 Å². The minimum atomic E-state index is -4.27. The first-order chi connectivity index (χ1) is 29.3. The fourth-order valence-electron chi connectivity index (χ4n) is 7.72. The van der Waals surface area contributed by atoms with Crippen LogP contribution in [0.2, 0.25) is 0 Å². The third-order valence-electron chi connectivity index (χ3n) is 11.0. The second-order valence-corrected chi connectivity index (χ2v) is 17.7. The number of nitrogens with one attached hydrogen (secondary N) is 2. The summed E-state index contributed by atoms with van der Waals surface area (Å²) in [6.45, 7) is 8.13. The summed E-state index contributed by atoms with van der Waals surface area (Å²) in [7, 11) is -4.27. The predicted octanol–water partition coefficient (Wildman–Crippen LogP) is 7.62. The van der Waals surface area contributed by atoms with Crippen LogP contribution < -0.4 is 14.9 Å². The molecule has 15 heteroatoms. The van der Waals surface area contributed by atoms with Crippen molar-refractivity contribution >= 4 is 55.6 Å². The van der Waals surface area contributed by atoms with E-state index in [9.17, 15) is 18.5 Å². The monoisotopic (exact) mass is 844 g/mol. The normalized spacial score (nSPS) is 15.8. The first-order valence-corrected chi connectivity index (χ1v) is 22.7. The molecule has 0 aliphatic carbocycles. The number of fused-ring (bicyclic) bond motifs is 1. The Morgan fingerprint density at radius 1 is 0.800 bits per heavy atom. The van der Waals surface area contributed by atoms with E-state index in [1.54, 1.807) is 11.8 Å². The number of sulfonamides is 1. The largest absolute Gasteiger partial charge is 0.379 e. The van der Waals surface area contributed by atoms with Gasteiger partial charge in [-0.05, 0) is 65.6 Å². The molecule has 2 aliphatic rings. The number of morpholine rings is 1. The molecule has 2 saturated heterocycles. The maximum atomic E-state index is 13.8. The zero-order valence-corrected chi connectivity index (χ0v) is 34.9. The van der Waals surface area contributed by atoms with Crippen molar-refractivity contribution in [2.75, 3.05) is 79.7 Å². The summed E-state index contributed by atoms with van der Waals surface area (Å²) in [5, 5.41) is 16.3. The van der Waals surface area contributed by atoms with E-state index in [2.05, 4.69) is 83.2 Å². The quantitative estimate of drug-likeness (QED) is 0.0562. The zero-order chi connectivity index (χ0) is 41.3. The molecule has 3 heterocycles. The third-order valence-corrected chi connectivity index (χ3v) is 13.5. The molecule has 5 aromatic carbocycles. The van der Waals surface area contributed by atoms with E-state index in [0.29, 0.717) is 29.9 Å². The second-order valence-electron chi connectivity index (χ2n) is 15.0. The molecule has 60 heavy (non-hydrogen) atoms. The number of aromatic nitrogens is 2. The fraction of sp³-hybridized carbons (Fsp3) is 0.289. The van der Waals surface area contributed by atoms with Crippen LogP contribution in [0.25, 0.3) is 22.0 Å². The maximum Gasteiger partial charge on any atom is 0.293 e. The van der Waals surface area contributed by atoms with Crippen molar-refractivity contribution in [3.05, 3.63) is 143 Å². The van der Waals surface area contributed by atoms with Gasteiger partial charge in [-0.25, -0.2) is 18.4 Å². The number of hydrogen-bond donors (Lipinski definition) is 2. The van der Waals surface area contributed by atoms with Crippen LogP contribution in [0.3, 0.4) is 0 Å². The van der Waals surface area contributed by atoms with Crippen LogP contribution in [-0.4, -0.2) is 104 Å². The van der Waals surface area contributed by atoms with E-state index in [-0.39, 0.29) is 28.1 Å². The SMILES string of the molecule is O=[N+]([O-])c1cc(S(=O)(=O)Nc2ncnc3cc(N4CCN(Cc5ccccc5-c5ccccc5)CC4)ccc23)ccc1N[C@@H](CCN1CCOCC1)CSc1ccccc1. The van der Waals surface area contributed by atoms with Gasteiger partial charge in [0, 0.05) is 86.2 Å². The van der Waals surface area contributed by atoms with Gasteiger partial charge in [-0.15, -0.1) is 11.8 Å². The highest BCUT2D eigenvalue weighted by molar-refractivity contribution is 7.99. The topological polar surface area (TPSA) is 146 Å². The van der Waals surface area contributed by atoms with Gasteiger partial charge in [0.05, 0.1) is 28.5 Å². The lowest BCUT2D eigenvalue weighted by Gasteiger charge is -2.36. The summed E-state index contributed by atoms with van der Waals surface area (Å²) in [5.74, 6) is 0.759. The minimum Gasteiger partial charge on any atom is -0.379 e. The number of thioether (sulfide) groups is 1. The molecule has 0 bridgehead atoms. The van der Waals surface area contributed by atoms with Gasteiger partial charge in [0.25, 0.3) is 15.7 Å². The van der Waals surface area contributed by atoms with Gasteiger partial charge in [0.15, 0.2) is 5.82 Å². The van der Waals surface area contributed by atoms with Crippen LogP contribution in [0.5, 0.6) is 0 Å². The molecule has 0 spiro atoms. The van der Waals surface area contributed by atoms with Gasteiger partial charge in [-0.2, -0.15) is 0 Å². The van der Waals surface area contributed by atoms with Crippen LogP contribution >= 0.6 is 11.8 Å². The first-order valence-electron chi connectivity index (χ1n) is 20.2. The van der Waals surface area contributed by atoms with Crippen LogP contribution in [0.1, 0.15) is 12.0 Å². The van der Waals surface area contributed by atoms with Gasteiger partial charge in [0.1, 0.15) is 12.0 Å². The molecule has 0 amide bonds. The molecule has 2 aliphatic heterocycles. The zero-order valence-electron chi connectivity index (χ0n) is 33.2. The second kappa shape index (κ2) is 19.2. The van der Waals surface area contributed by atoms with Crippen LogP contribution in [0, 0.1) is 10.1 Å². The Morgan fingerprint density at radius 2 is 1.53 bits per heavy atom. The Labute approximate surface area is 355 Å². The Balaban J connectivity index is 0.937. The Morgan fingerprint density at radius 3 is 2.30 bits per heavy atom. The van der Waals surface area contributed by atoms with Crippen LogP contribution in [0.4, 0.5) is 22.9 Å². The minimum absolute atomic E-state index is 0.0967. The Hall–Kier alpha value is -5.58. The molecule has 1 atom stereocenters. The van der Waals surface area contributed by atoms with Crippen molar-refractivity contribution < 1.29 is 18.1 Å². The van der Waals surface area contributed by atoms with E-state index >= 15 is 0 Å². The van der Waals surface area contributed by atoms with E-state index in [0.717, 1.165) is 75.4 Å². The Bertz CT molecular complexity index is 2500. The van der Waals surface area contributed by atoms with E-state index in [4.69, 9.17) is 4.74 Å². The lowest BCUT2D eigenvalue weighted by Crippen LogP contribution is -2.46.